The highest BCUT2D eigenvalue weighted by Crippen LogP contribution is 2.16. The van der Waals surface area contributed by atoms with Crippen molar-refractivity contribution in [1.82, 2.24) is 10.2 Å². The topological polar surface area (TPSA) is 49.4 Å². The van der Waals surface area contributed by atoms with Crippen molar-refractivity contribution in [2.75, 3.05) is 0 Å². The van der Waals surface area contributed by atoms with Gasteiger partial charge in [-0.3, -0.25) is 9.59 Å². The lowest BCUT2D eigenvalue weighted by molar-refractivity contribution is -0.141. The number of rotatable bonds is 5. The first-order chi connectivity index (χ1) is 10.1. The molecule has 0 saturated heterocycles. The lowest BCUT2D eigenvalue weighted by Crippen LogP contribution is -2.52. The summed E-state index contributed by atoms with van der Waals surface area (Å²) < 4.78 is 0.959. The number of hydrogen-bond acceptors (Lipinski definition) is 2. The fourth-order valence-electron chi connectivity index (χ4n) is 2.09. The van der Waals surface area contributed by atoms with E-state index in [0.29, 0.717) is 13.0 Å². The Kier molecular flexibility index (Phi) is 6.60. The Hall–Kier alpha value is -1.36. The van der Waals surface area contributed by atoms with E-state index in [1.165, 1.54) is 0 Å². The molecule has 2 amide bonds. The fourth-order valence-corrected chi connectivity index (χ4v) is 2.54. The lowest BCUT2D eigenvalue weighted by Gasteiger charge is -2.31. The van der Waals surface area contributed by atoms with Crippen LogP contribution in [0.3, 0.4) is 0 Å². The zero-order chi connectivity index (χ0) is 16.9. The molecule has 0 spiro atoms. The summed E-state index contributed by atoms with van der Waals surface area (Å²) >= 11 is 3.43. The van der Waals surface area contributed by atoms with Crippen LogP contribution in [0.2, 0.25) is 0 Å². The summed E-state index contributed by atoms with van der Waals surface area (Å²) in [6, 6.07) is 7.27. The molecule has 0 saturated carbocycles. The van der Waals surface area contributed by atoms with E-state index in [2.05, 4.69) is 21.2 Å². The number of halogens is 1. The Labute approximate surface area is 141 Å². The Balaban J connectivity index is 2.93. The number of amides is 2. The van der Waals surface area contributed by atoms with Crippen molar-refractivity contribution in [2.45, 2.75) is 59.2 Å². The fraction of sp³-hybridized carbons (Fsp3) is 0.529. The van der Waals surface area contributed by atoms with Crippen LogP contribution in [0.15, 0.2) is 28.7 Å². The summed E-state index contributed by atoms with van der Waals surface area (Å²) in [7, 11) is 0. The average molecular weight is 369 g/mol. The first-order valence-electron chi connectivity index (χ1n) is 7.50. The summed E-state index contributed by atoms with van der Waals surface area (Å²) in [6.07, 6.45) is 0.376. The maximum atomic E-state index is 12.4. The molecular weight excluding hydrogens is 344 g/mol. The zero-order valence-electron chi connectivity index (χ0n) is 13.9. The Bertz CT molecular complexity index is 538. The van der Waals surface area contributed by atoms with Crippen LogP contribution in [-0.4, -0.2) is 28.3 Å². The predicted molar refractivity (Wildman–Crippen MR) is 92.3 cm³/mol. The van der Waals surface area contributed by atoms with Crippen LogP contribution in [-0.2, 0) is 16.1 Å². The van der Waals surface area contributed by atoms with E-state index in [1.54, 1.807) is 11.8 Å². The molecule has 22 heavy (non-hydrogen) atoms. The molecule has 0 aliphatic heterocycles. The SMILES string of the molecule is CCC(=O)N(Cc1cccc(Br)c1)[C@@H](C)C(=O)NC(C)(C)C. The molecule has 122 valence electrons. The van der Waals surface area contributed by atoms with Gasteiger partial charge in [0.2, 0.25) is 11.8 Å². The molecule has 5 heteroatoms. The van der Waals surface area contributed by atoms with Gasteiger partial charge >= 0.3 is 0 Å². The highest BCUT2D eigenvalue weighted by Gasteiger charge is 2.27. The molecule has 1 aromatic rings. The zero-order valence-corrected chi connectivity index (χ0v) is 15.5. The number of carbonyl (C=O) groups excluding carboxylic acids is 2. The van der Waals surface area contributed by atoms with Crippen molar-refractivity contribution in [3.8, 4) is 0 Å². The summed E-state index contributed by atoms with van der Waals surface area (Å²) in [4.78, 5) is 26.2. The first kappa shape index (κ1) is 18.7. The van der Waals surface area contributed by atoms with Crippen LogP contribution in [0.25, 0.3) is 0 Å². The Morgan fingerprint density at radius 2 is 1.95 bits per heavy atom. The van der Waals surface area contributed by atoms with Crippen molar-refractivity contribution in [3.05, 3.63) is 34.3 Å². The van der Waals surface area contributed by atoms with Crippen molar-refractivity contribution in [3.63, 3.8) is 0 Å². The van der Waals surface area contributed by atoms with E-state index in [1.807, 2.05) is 52.0 Å². The molecule has 1 N–H and O–H groups in total. The summed E-state index contributed by atoms with van der Waals surface area (Å²) in [6.45, 7) is 9.79. The van der Waals surface area contributed by atoms with Gasteiger partial charge in [-0.1, -0.05) is 35.0 Å². The molecular formula is C17H25BrN2O2. The smallest absolute Gasteiger partial charge is 0.242 e. The van der Waals surface area contributed by atoms with Gasteiger partial charge in [-0.25, -0.2) is 0 Å². The first-order valence-corrected chi connectivity index (χ1v) is 8.29. The number of benzene rings is 1. The molecule has 0 bridgehead atoms. The lowest BCUT2D eigenvalue weighted by atomic mass is 10.1. The summed E-state index contributed by atoms with van der Waals surface area (Å²) in [5, 5.41) is 2.93. The van der Waals surface area contributed by atoms with Crippen LogP contribution in [0, 0.1) is 0 Å². The molecule has 1 aromatic carbocycles. The highest BCUT2D eigenvalue weighted by molar-refractivity contribution is 9.10. The molecule has 0 aliphatic rings. The van der Waals surface area contributed by atoms with Crippen LogP contribution in [0.1, 0.15) is 46.6 Å². The van der Waals surface area contributed by atoms with Crippen molar-refractivity contribution in [1.29, 1.82) is 0 Å². The Morgan fingerprint density at radius 3 is 2.45 bits per heavy atom. The van der Waals surface area contributed by atoms with Crippen molar-refractivity contribution < 1.29 is 9.59 Å². The second-order valence-corrected chi connectivity index (χ2v) is 7.34. The number of nitrogens with one attached hydrogen (secondary N) is 1. The predicted octanol–water partition coefficient (Wildman–Crippen LogP) is 3.49. The quantitative estimate of drug-likeness (QED) is 0.864. The molecule has 4 nitrogen and oxygen atoms in total. The second-order valence-electron chi connectivity index (χ2n) is 6.42. The molecule has 0 fully saturated rings. The van der Waals surface area contributed by atoms with Gasteiger partial charge in [0.1, 0.15) is 6.04 Å². The minimum atomic E-state index is -0.509. The third-order valence-electron chi connectivity index (χ3n) is 3.21. The molecule has 0 aromatic heterocycles. The van der Waals surface area contributed by atoms with E-state index in [-0.39, 0.29) is 17.4 Å². The van der Waals surface area contributed by atoms with E-state index < -0.39 is 6.04 Å². The van der Waals surface area contributed by atoms with Gasteiger partial charge in [0.25, 0.3) is 0 Å². The molecule has 1 atom stereocenters. The molecule has 0 aliphatic carbocycles. The van der Waals surface area contributed by atoms with Crippen molar-refractivity contribution >= 4 is 27.7 Å². The number of nitrogens with zero attached hydrogens (tertiary/aromatic N) is 1. The van der Waals surface area contributed by atoms with Crippen LogP contribution in [0.4, 0.5) is 0 Å². The van der Waals surface area contributed by atoms with Crippen molar-refractivity contribution in [2.24, 2.45) is 0 Å². The third kappa shape index (κ3) is 5.79. The maximum Gasteiger partial charge on any atom is 0.242 e. The van der Waals surface area contributed by atoms with E-state index in [4.69, 9.17) is 0 Å². The average Bonchev–Trinajstić information content (AvgIpc) is 2.41. The van der Waals surface area contributed by atoms with Gasteiger partial charge in [-0.05, 0) is 45.4 Å². The van der Waals surface area contributed by atoms with Gasteiger partial charge in [-0.2, -0.15) is 0 Å². The largest absolute Gasteiger partial charge is 0.350 e. The van der Waals surface area contributed by atoms with Gasteiger partial charge < -0.3 is 10.2 Å². The summed E-state index contributed by atoms with van der Waals surface area (Å²) in [5.41, 5.74) is 0.675. The van der Waals surface area contributed by atoms with Gasteiger partial charge in [0, 0.05) is 23.0 Å². The van der Waals surface area contributed by atoms with Gasteiger partial charge in [0.05, 0.1) is 0 Å². The van der Waals surface area contributed by atoms with Gasteiger partial charge in [-0.15, -0.1) is 0 Å². The molecule has 0 unspecified atom stereocenters. The third-order valence-corrected chi connectivity index (χ3v) is 3.70. The monoisotopic (exact) mass is 368 g/mol. The van der Waals surface area contributed by atoms with Crippen LogP contribution in [0.5, 0.6) is 0 Å². The normalized spacial score (nSPS) is 12.6. The summed E-state index contributed by atoms with van der Waals surface area (Å²) in [5.74, 6) is -0.166. The minimum Gasteiger partial charge on any atom is -0.350 e. The number of hydrogen-bond donors (Lipinski definition) is 1. The minimum absolute atomic E-state index is 0.0310. The second kappa shape index (κ2) is 7.77. The molecule has 1 rings (SSSR count). The molecule has 0 heterocycles. The van der Waals surface area contributed by atoms with Crippen LogP contribution >= 0.6 is 15.9 Å². The Morgan fingerprint density at radius 1 is 1.32 bits per heavy atom. The molecule has 0 radical (unpaired) electrons. The van der Waals surface area contributed by atoms with Gasteiger partial charge in [0.15, 0.2) is 0 Å². The van der Waals surface area contributed by atoms with E-state index >= 15 is 0 Å². The number of carbonyl (C=O) groups is 2. The van der Waals surface area contributed by atoms with E-state index in [9.17, 15) is 9.59 Å². The maximum absolute atomic E-state index is 12.4. The standard InChI is InChI=1S/C17H25BrN2O2/c1-6-15(21)20(11-13-8-7-9-14(18)10-13)12(2)16(22)19-17(3,4)5/h7-10,12H,6,11H2,1-5H3,(H,19,22)/t12-/m0/s1. The van der Waals surface area contributed by atoms with Crippen LogP contribution < -0.4 is 5.32 Å². The van der Waals surface area contributed by atoms with E-state index in [0.717, 1.165) is 10.0 Å². The highest BCUT2D eigenvalue weighted by atomic mass is 79.9.